The fraction of sp³-hybridized carbons (Fsp3) is 0.571. The Balaban J connectivity index is 2.18. The van der Waals surface area contributed by atoms with Crippen LogP contribution in [-0.4, -0.2) is 33.8 Å². The van der Waals surface area contributed by atoms with E-state index in [1.165, 1.54) is 6.07 Å². The highest BCUT2D eigenvalue weighted by Gasteiger charge is 2.29. The van der Waals surface area contributed by atoms with Crippen molar-refractivity contribution in [3.8, 4) is 0 Å². The average molecular weight is 312 g/mol. The van der Waals surface area contributed by atoms with Crippen LogP contribution >= 0.6 is 11.6 Å². The van der Waals surface area contributed by atoms with Gasteiger partial charge < -0.3 is 4.90 Å². The van der Waals surface area contributed by atoms with Gasteiger partial charge in [0.25, 0.3) is 11.6 Å². The minimum atomic E-state index is -0.600. The van der Waals surface area contributed by atoms with Crippen LogP contribution in [0.4, 0.5) is 5.69 Å². The van der Waals surface area contributed by atoms with E-state index < -0.39 is 4.92 Å². The molecular weight excluding hydrogens is 294 g/mol. The van der Waals surface area contributed by atoms with Gasteiger partial charge in [0, 0.05) is 13.1 Å². The van der Waals surface area contributed by atoms with E-state index in [-0.39, 0.29) is 22.3 Å². The lowest BCUT2D eigenvalue weighted by Gasteiger charge is -2.33. The Bertz CT molecular complexity index is 554. The Hall–Kier alpha value is -1.69. The molecule has 0 radical (unpaired) electrons. The summed E-state index contributed by atoms with van der Waals surface area (Å²) in [5.41, 5.74) is -0.279. The summed E-state index contributed by atoms with van der Waals surface area (Å²) >= 11 is 5.76. The molecule has 0 saturated carbocycles. The third-order valence-electron chi connectivity index (χ3n) is 4.05. The number of hydrogen-bond donors (Lipinski definition) is 0. The monoisotopic (exact) mass is 311 g/mol. The van der Waals surface area contributed by atoms with Gasteiger partial charge in [-0.1, -0.05) is 25.4 Å². The van der Waals surface area contributed by atoms with E-state index in [9.17, 15) is 14.9 Å². The molecule has 0 unspecified atom stereocenters. The summed E-state index contributed by atoms with van der Waals surface area (Å²) in [6, 6.07) is 1.27. The highest BCUT2D eigenvalue weighted by molar-refractivity contribution is 6.29. The summed E-state index contributed by atoms with van der Waals surface area (Å²) in [5.74, 6) is 0.852. The first-order valence-electron chi connectivity index (χ1n) is 6.99. The van der Waals surface area contributed by atoms with Crippen molar-refractivity contribution >= 4 is 23.2 Å². The molecule has 1 fully saturated rings. The highest BCUT2D eigenvalue weighted by atomic mass is 35.5. The second-order valence-electron chi connectivity index (χ2n) is 5.65. The number of pyridine rings is 1. The molecule has 2 rings (SSSR count). The van der Waals surface area contributed by atoms with Crippen molar-refractivity contribution in [2.75, 3.05) is 13.1 Å². The summed E-state index contributed by atoms with van der Waals surface area (Å²) in [7, 11) is 0. The Labute approximate surface area is 128 Å². The van der Waals surface area contributed by atoms with Crippen LogP contribution in [0.3, 0.4) is 0 Å². The summed E-state index contributed by atoms with van der Waals surface area (Å²) in [6.07, 6.45) is 2.89. The molecule has 1 aromatic rings. The number of carbonyl (C=O) groups excluding carboxylic acids is 1. The van der Waals surface area contributed by atoms with Crippen molar-refractivity contribution in [1.29, 1.82) is 0 Å². The van der Waals surface area contributed by atoms with Crippen molar-refractivity contribution in [3.63, 3.8) is 0 Å². The number of amides is 1. The number of nitrogens with zero attached hydrogens (tertiary/aromatic N) is 3. The lowest BCUT2D eigenvalue weighted by atomic mass is 9.86. The topological polar surface area (TPSA) is 76.3 Å². The third kappa shape index (κ3) is 3.50. The molecule has 0 atom stereocenters. The fourth-order valence-electron chi connectivity index (χ4n) is 2.68. The summed E-state index contributed by atoms with van der Waals surface area (Å²) in [6.45, 7) is 5.60. The normalized spacial score (nSPS) is 16.3. The second kappa shape index (κ2) is 6.39. The number of hydrogen-bond acceptors (Lipinski definition) is 4. The smallest absolute Gasteiger partial charge is 0.300 e. The molecule has 1 aromatic heterocycles. The number of aromatic nitrogens is 1. The number of rotatable bonds is 3. The van der Waals surface area contributed by atoms with Gasteiger partial charge in [0.05, 0.1) is 4.92 Å². The molecule has 0 aliphatic carbocycles. The summed E-state index contributed by atoms with van der Waals surface area (Å²) in [5, 5.41) is 11.1. The molecule has 0 spiro atoms. The lowest BCUT2D eigenvalue weighted by molar-refractivity contribution is -0.385. The van der Waals surface area contributed by atoms with Crippen molar-refractivity contribution in [1.82, 2.24) is 9.88 Å². The first-order valence-corrected chi connectivity index (χ1v) is 7.37. The molecular formula is C14H18ClN3O3. The predicted molar refractivity (Wildman–Crippen MR) is 79.4 cm³/mol. The van der Waals surface area contributed by atoms with Crippen molar-refractivity contribution < 1.29 is 9.72 Å². The van der Waals surface area contributed by atoms with Crippen LogP contribution in [0.25, 0.3) is 0 Å². The molecule has 0 N–H and O–H groups in total. The largest absolute Gasteiger partial charge is 0.338 e. The third-order valence-corrected chi connectivity index (χ3v) is 4.25. The van der Waals surface area contributed by atoms with E-state index in [2.05, 4.69) is 18.8 Å². The predicted octanol–water partition coefficient (Wildman–Crippen LogP) is 3.15. The Kier molecular flexibility index (Phi) is 4.77. The first kappa shape index (κ1) is 15.7. The van der Waals surface area contributed by atoms with Crippen LogP contribution in [0, 0.1) is 22.0 Å². The van der Waals surface area contributed by atoms with E-state index in [4.69, 9.17) is 11.6 Å². The quantitative estimate of drug-likeness (QED) is 0.488. The molecule has 0 bridgehead atoms. The van der Waals surface area contributed by atoms with Crippen molar-refractivity contribution in [2.24, 2.45) is 11.8 Å². The van der Waals surface area contributed by atoms with E-state index in [0.29, 0.717) is 24.9 Å². The van der Waals surface area contributed by atoms with Crippen molar-refractivity contribution in [2.45, 2.75) is 26.7 Å². The second-order valence-corrected chi connectivity index (χ2v) is 6.04. The van der Waals surface area contributed by atoms with Gasteiger partial charge in [0.1, 0.15) is 16.9 Å². The summed E-state index contributed by atoms with van der Waals surface area (Å²) < 4.78 is 0. The number of likely N-dealkylation sites (tertiary alicyclic amines) is 1. The zero-order valence-corrected chi connectivity index (χ0v) is 12.8. The summed E-state index contributed by atoms with van der Waals surface area (Å²) in [4.78, 5) is 28.2. The number of halogens is 1. The molecule has 2 heterocycles. The van der Waals surface area contributed by atoms with Gasteiger partial charge in [-0.25, -0.2) is 4.98 Å². The first-order chi connectivity index (χ1) is 9.90. The minimum absolute atomic E-state index is 0.0167. The van der Waals surface area contributed by atoms with Gasteiger partial charge in [-0.05, 0) is 30.7 Å². The van der Waals surface area contributed by atoms with Crippen LogP contribution in [0.15, 0.2) is 12.3 Å². The maximum Gasteiger partial charge on any atom is 0.300 e. The zero-order chi connectivity index (χ0) is 15.6. The van der Waals surface area contributed by atoms with Gasteiger partial charge in [0.2, 0.25) is 0 Å². The molecule has 1 aliphatic rings. The fourth-order valence-corrected chi connectivity index (χ4v) is 2.84. The van der Waals surface area contributed by atoms with E-state index in [1.807, 2.05) is 0 Å². The molecule has 21 heavy (non-hydrogen) atoms. The van der Waals surface area contributed by atoms with Gasteiger partial charge in [0.15, 0.2) is 0 Å². The zero-order valence-electron chi connectivity index (χ0n) is 12.1. The van der Waals surface area contributed by atoms with E-state index >= 15 is 0 Å². The number of carbonyl (C=O) groups is 1. The van der Waals surface area contributed by atoms with Crippen molar-refractivity contribution in [3.05, 3.63) is 33.1 Å². The van der Waals surface area contributed by atoms with Gasteiger partial charge >= 0.3 is 0 Å². The van der Waals surface area contributed by atoms with Crippen LogP contribution < -0.4 is 0 Å². The standard InChI is InChI=1S/C14H18ClN3O3/c1-9(2)10-3-5-17(6-4-10)14(19)11-7-13(15)16-8-12(11)18(20)21/h7-10H,3-6H2,1-2H3. The Morgan fingerprint density at radius 3 is 2.62 bits per heavy atom. The van der Waals surface area contributed by atoms with Gasteiger partial charge in [-0.15, -0.1) is 0 Å². The highest BCUT2D eigenvalue weighted by Crippen LogP contribution is 2.27. The number of nitro groups is 1. The molecule has 1 saturated heterocycles. The molecule has 0 aromatic carbocycles. The molecule has 114 valence electrons. The van der Waals surface area contributed by atoms with Crippen LogP contribution in [0.1, 0.15) is 37.0 Å². The van der Waals surface area contributed by atoms with Crippen LogP contribution in [0.2, 0.25) is 5.15 Å². The van der Waals surface area contributed by atoms with Gasteiger partial charge in [-0.3, -0.25) is 14.9 Å². The van der Waals surface area contributed by atoms with Gasteiger partial charge in [-0.2, -0.15) is 0 Å². The average Bonchev–Trinajstić information content (AvgIpc) is 2.46. The molecule has 1 amide bonds. The SMILES string of the molecule is CC(C)C1CCN(C(=O)c2cc(Cl)ncc2[N+](=O)[O-])CC1. The lowest BCUT2D eigenvalue weighted by Crippen LogP contribution is -2.39. The Morgan fingerprint density at radius 2 is 2.10 bits per heavy atom. The van der Waals surface area contributed by atoms with E-state index in [0.717, 1.165) is 19.0 Å². The van der Waals surface area contributed by atoms with Crippen LogP contribution in [0.5, 0.6) is 0 Å². The van der Waals surface area contributed by atoms with Crippen LogP contribution in [-0.2, 0) is 0 Å². The maximum absolute atomic E-state index is 12.5. The maximum atomic E-state index is 12.5. The molecule has 1 aliphatic heterocycles. The molecule has 7 heteroatoms. The minimum Gasteiger partial charge on any atom is -0.338 e. The Morgan fingerprint density at radius 1 is 1.48 bits per heavy atom. The number of piperidine rings is 1. The molecule has 6 nitrogen and oxygen atoms in total. The van der Waals surface area contributed by atoms with E-state index in [1.54, 1.807) is 4.90 Å².